The molecule has 0 bridgehead atoms. The summed E-state index contributed by atoms with van der Waals surface area (Å²) in [6, 6.07) is 0. The summed E-state index contributed by atoms with van der Waals surface area (Å²) in [7, 11) is 0.898. The fourth-order valence-corrected chi connectivity index (χ4v) is 1.60. The van der Waals surface area contributed by atoms with E-state index in [9.17, 15) is 35.1 Å². The van der Waals surface area contributed by atoms with Crippen molar-refractivity contribution in [2.45, 2.75) is 23.7 Å². The third-order valence-corrected chi connectivity index (χ3v) is 2.73. The monoisotopic (exact) mass is 308 g/mol. The zero-order valence-corrected chi connectivity index (χ0v) is 9.39. The molecule has 1 aromatic heterocycles. The van der Waals surface area contributed by atoms with Gasteiger partial charge in [-0.15, -0.1) is 5.10 Å². The van der Waals surface area contributed by atoms with Gasteiger partial charge in [0.15, 0.2) is 5.82 Å². The summed E-state index contributed by atoms with van der Waals surface area (Å²) in [5, 5.41) is 8.66. The number of hydrogen-bond acceptors (Lipinski definition) is 3. The van der Waals surface area contributed by atoms with E-state index in [0.717, 1.165) is 7.05 Å². The number of tetrazole rings is 1. The summed E-state index contributed by atoms with van der Waals surface area (Å²) < 4.78 is 106. The van der Waals surface area contributed by atoms with Crippen LogP contribution in [0.25, 0.3) is 5.57 Å². The van der Waals surface area contributed by atoms with Gasteiger partial charge in [0.05, 0.1) is 5.57 Å². The van der Waals surface area contributed by atoms with Crippen molar-refractivity contribution in [2.24, 2.45) is 7.05 Å². The topological polar surface area (TPSA) is 43.6 Å². The minimum atomic E-state index is -6.31. The SMILES string of the molecule is Cn1nnnc1C1=CC(F)(F)C(F)(F)C(F)(F)C1(F)F. The zero-order chi connectivity index (χ0) is 15.6. The van der Waals surface area contributed by atoms with Crippen LogP contribution in [0.3, 0.4) is 0 Å². The molecule has 0 saturated carbocycles. The molecule has 0 fully saturated rings. The minimum absolute atomic E-state index is 0.384. The van der Waals surface area contributed by atoms with Gasteiger partial charge in [-0.3, -0.25) is 0 Å². The van der Waals surface area contributed by atoms with Gasteiger partial charge in [0.25, 0.3) is 0 Å². The molecular weight excluding hydrogens is 304 g/mol. The maximum Gasteiger partial charge on any atom is 0.383 e. The number of rotatable bonds is 1. The van der Waals surface area contributed by atoms with Crippen LogP contribution in [0, 0.1) is 0 Å². The lowest BCUT2D eigenvalue weighted by atomic mass is 9.85. The van der Waals surface area contributed by atoms with Gasteiger partial charge in [-0.2, -0.15) is 35.1 Å². The van der Waals surface area contributed by atoms with Crippen LogP contribution >= 0.6 is 0 Å². The molecule has 0 amide bonds. The van der Waals surface area contributed by atoms with Gasteiger partial charge in [0.1, 0.15) is 0 Å². The highest BCUT2D eigenvalue weighted by Crippen LogP contribution is 2.60. The second-order valence-corrected chi connectivity index (χ2v) is 4.03. The van der Waals surface area contributed by atoms with Crippen LogP contribution in [0.2, 0.25) is 0 Å². The molecule has 1 heterocycles. The Labute approximate surface area is 105 Å². The van der Waals surface area contributed by atoms with E-state index >= 15 is 0 Å². The zero-order valence-electron chi connectivity index (χ0n) is 9.39. The van der Waals surface area contributed by atoms with Crippen LogP contribution in [0.4, 0.5) is 35.1 Å². The predicted octanol–water partition coefficient (Wildman–Crippen LogP) is 2.15. The maximum absolute atomic E-state index is 13.5. The fraction of sp³-hybridized carbons (Fsp3) is 0.625. The standard InChI is InChI=1S/C8H4F8N4/c1-20-4(17-18-19-20)3-2-5(9,10)7(13,14)8(15,16)6(3,11)12/h2H,1H3. The highest BCUT2D eigenvalue weighted by Gasteiger charge is 2.84. The number of alkyl halides is 8. The van der Waals surface area contributed by atoms with Crippen molar-refractivity contribution in [3.05, 3.63) is 11.9 Å². The molecule has 0 aromatic carbocycles. The molecule has 0 saturated heterocycles. The molecule has 0 atom stereocenters. The first-order valence-electron chi connectivity index (χ1n) is 4.83. The van der Waals surface area contributed by atoms with E-state index in [1.165, 1.54) is 0 Å². The van der Waals surface area contributed by atoms with E-state index in [4.69, 9.17) is 0 Å². The van der Waals surface area contributed by atoms with Gasteiger partial charge in [-0.1, -0.05) is 0 Å². The second-order valence-electron chi connectivity index (χ2n) is 4.03. The van der Waals surface area contributed by atoms with Crippen LogP contribution in [0.15, 0.2) is 6.08 Å². The Morgan fingerprint density at radius 3 is 1.95 bits per heavy atom. The molecule has 0 N–H and O–H groups in total. The van der Waals surface area contributed by atoms with Crippen molar-refractivity contribution >= 4 is 5.57 Å². The Balaban J connectivity index is 2.76. The van der Waals surface area contributed by atoms with Gasteiger partial charge < -0.3 is 0 Å². The number of aryl methyl sites for hydroxylation is 1. The normalized spacial score (nSPS) is 26.1. The molecule has 1 aromatic rings. The van der Waals surface area contributed by atoms with E-state index < -0.39 is 41.2 Å². The average Bonchev–Trinajstić information content (AvgIpc) is 2.70. The van der Waals surface area contributed by atoms with E-state index in [1.54, 1.807) is 0 Å². The lowest BCUT2D eigenvalue weighted by Crippen LogP contribution is -2.65. The van der Waals surface area contributed by atoms with E-state index in [2.05, 4.69) is 15.5 Å². The largest absolute Gasteiger partial charge is 0.383 e. The Hall–Kier alpha value is -1.75. The third-order valence-electron chi connectivity index (χ3n) is 2.73. The van der Waals surface area contributed by atoms with Gasteiger partial charge >= 0.3 is 23.7 Å². The van der Waals surface area contributed by atoms with Crippen LogP contribution in [0.5, 0.6) is 0 Å². The number of hydrogen-bond donors (Lipinski definition) is 0. The predicted molar refractivity (Wildman–Crippen MR) is 46.6 cm³/mol. The third kappa shape index (κ3) is 1.50. The lowest BCUT2D eigenvalue weighted by Gasteiger charge is -2.40. The first kappa shape index (κ1) is 14.7. The van der Waals surface area contributed by atoms with Crippen molar-refractivity contribution < 1.29 is 35.1 Å². The molecule has 20 heavy (non-hydrogen) atoms. The smallest absolute Gasteiger partial charge is 0.229 e. The van der Waals surface area contributed by atoms with Crippen LogP contribution in [-0.2, 0) is 7.05 Å². The molecule has 4 nitrogen and oxygen atoms in total. The molecular formula is C8H4F8N4. The van der Waals surface area contributed by atoms with Crippen LogP contribution in [-0.4, -0.2) is 43.9 Å². The van der Waals surface area contributed by atoms with Gasteiger partial charge in [0.2, 0.25) is 0 Å². The van der Waals surface area contributed by atoms with Gasteiger partial charge in [-0.05, 0) is 10.4 Å². The molecule has 0 unspecified atom stereocenters. The number of allylic oxidation sites excluding steroid dienone is 2. The summed E-state index contributed by atoms with van der Waals surface area (Å²) in [5.74, 6) is -24.8. The molecule has 1 aliphatic rings. The van der Waals surface area contributed by atoms with Gasteiger partial charge in [0, 0.05) is 13.1 Å². The average molecular weight is 308 g/mol. The summed E-state index contributed by atoms with van der Waals surface area (Å²) >= 11 is 0. The molecule has 1 aliphatic carbocycles. The quantitative estimate of drug-likeness (QED) is 0.747. The number of aromatic nitrogens is 4. The van der Waals surface area contributed by atoms with Crippen molar-refractivity contribution in [2.75, 3.05) is 0 Å². The Morgan fingerprint density at radius 1 is 0.950 bits per heavy atom. The summed E-state index contributed by atoms with van der Waals surface area (Å²) in [6.07, 6.45) is -0.934. The van der Waals surface area contributed by atoms with E-state index in [-0.39, 0.29) is 0 Å². The number of halogens is 8. The summed E-state index contributed by atoms with van der Waals surface area (Å²) in [4.78, 5) is 0. The number of nitrogens with zero attached hydrogens (tertiary/aromatic N) is 4. The van der Waals surface area contributed by atoms with E-state index in [0.29, 0.717) is 4.68 Å². The van der Waals surface area contributed by atoms with Crippen LogP contribution in [0.1, 0.15) is 5.82 Å². The second kappa shape index (κ2) is 3.67. The minimum Gasteiger partial charge on any atom is -0.229 e. The van der Waals surface area contributed by atoms with Crippen LogP contribution < -0.4 is 0 Å². The Morgan fingerprint density at radius 2 is 1.50 bits per heavy atom. The molecule has 12 heteroatoms. The van der Waals surface area contributed by atoms with Crippen molar-refractivity contribution in [3.63, 3.8) is 0 Å². The molecule has 112 valence electrons. The Bertz CT molecular complexity index is 575. The lowest BCUT2D eigenvalue weighted by molar-refractivity contribution is -0.348. The Kier molecular flexibility index (Phi) is 2.69. The highest BCUT2D eigenvalue weighted by molar-refractivity contribution is 5.70. The van der Waals surface area contributed by atoms with Crippen molar-refractivity contribution in [1.82, 2.24) is 20.2 Å². The first-order chi connectivity index (χ1) is 8.86. The first-order valence-corrected chi connectivity index (χ1v) is 4.83. The molecule has 0 spiro atoms. The van der Waals surface area contributed by atoms with E-state index in [1.807, 2.05) is 0 Å². The maximum atomic E-state index is 13.5. The summed E-state index contributed by atoms with van der Waals surface area (Å²) in [6.45, 7) is 0. The van der Waals surface area contributed by atoms with Crippen molar-refractivity contribution in [3.8, 4) is 0 Å². The fourth-order valence-electron chi connectivity index (χ4n) is 1.60. The van der Waals surface area contributed by atoms with Gasteiger partial charge in [-0.25, -0.2) is 4.68 Å². The highest BCUT2D eigenvalue weighted by atomic mass is 19.4. The molecule has 0 radical (unpaired) electrons. The molecule has 2 rings (SSSR count). The van der Waals surface area contributed by atoms with Crippen molar-refractivity contribution in [1.29, 1.82) is 0 Å². The molecule has 0 aliphatic heterocycles. The summed E-state index contributed by atoms with van der Waals surface area (Å²) in [5.41, 5.74) is -2.06.